The Morgan fingerprint density at radius 2 is 1.75 bits per heavy atom. The van der Waals surface area contributed by atoms with Gasteiger partial charge in [-0.05, 0) is 32.4 Å². The minimum atomic E-state index is -0.772. The van der Waals surface area contributed by atoms with Crippen molar-refractivity contribution in [3.8, 4) is 0 Å². The van der Waals surface area contributed by atoms with Crippen molar-refractivity contribution in [1.29, 1.82) is 0 Å². The maximum atomic E-state index is 14.0. The molecule has 5 rings (SSSR count). The van der Waals surface area contributed by atoms with Crippen LogP contribution in [0.15, 0.2) is 69.6 Å². The van der Waals surface area contributed by atoms with E-state index >= 15 is 0 Å². The molecule has 0 radical (unpaired) electrons. The first kappa shape index (κ1) is 23.6. The first-order valence-corrected chi connectivity index (χ1v) is 12.3. The Morgan fingerprint density at radius 3 is 2.42 bits per heavy atom. The maximum absolute atomic E-state index is 14.0. The number of rotatable bonds is 3. The van der Waals surface area contributed by atoms with Crippen LogP contribution in [0, 0.1) is 6.92 Å². The van der Waals surface area contributed by atoms with Gasteiger partial charge in [0.15, 0.2) is 4.80 Å². The summed E-state index contributed by atoms with van der Waals surface area (Å²) < 4.78 is 6.94. The number of hydrogen-bond donors (Lipinski definition) is 0. The lowest BCUT2D eigenvalue weighted by Crippen LogP contribution is -2.41. The second kappa shape index (κ2) is 8.83. The average molecular weight is 502 g/mol. The number of aromatic nitrogens is 1. The SMILES string of the molecule is CCOC(=O)C1=C(C)N=c2s/c(=C3/C(=O)N(C(C)=O)c4ccccc43)c(=O)n2C1c1ccc(C)cc1. The van der Waals surface area contributed by atoms with Crippen LogP contribution in [0.4, 0.5) is 5.69 Å². The maximum Gasteiger partial charge on any atom is 0.338 e. The molecule has 2 amide bonds. The quantitative estimate of drug-likeness (QED) is 0.514. The number of anilines is 1. The molecule has 0 aliphatic carbocycles. The first-order valence-electron chi connectivity index (χ1n) is 11.5. The molecule has 0 saturated carbocycles. The number of ether oxygens (including phenoxy) is 1. The van der Waals surface area contributed by atoms with Crippen LogP contribution in [0.5, 0.6) is 0 Å². The largest absolute Gasteiger partial charge is 0.463 e. The predicted octanol–water partition coefficient (Wildman–Crippen LogP) is 2.37. The number of carbonyl (C=O) groups is 3. The zero-order valence-electron chi connectivity index (χ0n) is 20.2. The predicted molar refractivity (Wildman–Crippen MR) is 135 cm³/mol. The summed E-state index contributed by atoms with van der Waals surface area (Å²) in [7, 11) is 0. The zero-order valence-corrected chi connectivity index (χ0v) is 21.0. The Balaban J connectivity index is 1.83. The highest BCUT2D eigenvalue weighted by Crippen LogP contribution is 2.35. The molecule has 2 aliphatic heterocycles. The van der Waals surface area contributed by atoms with E-state index in [-0.39, 0.29) is 22.3 Å². The summed E-state index contributed by atoms with van der Waals surface area (Å²) in [6.45, 7) is 6.87. The lowest BCUT2D eigenvalue weighted by Gasteiger charge is -2.24. The summed E-state index contributed by atoms with van der Waals surface area (Å²) in [6.07, 6.45) is 0. The van der Waals surface area contributed by atoms with Gasteiger partial charge >= 0.3 is 5.97 Å². The van der Waals surface area contributed by atoms with Gasteiger partial charge in [0, 0.05) is 12.5 Å². The summed E-state index contributed by atoms with van der Waals surface area (Å²) in [5.41, 5.74) is 3.12. The summed E-state index contributed by atoms with van der Waals surface area (Å²) in [5, 5.41) is 0. The number of carbonyl (C=O) groups excluding carboxylic acids is 3. The van der Waals surface area contributed by atoms with E-state index in [1.54, 1.807) is 38.1 Å². The van der Waals surface area contributed by atoms with E-state index in [2.05, 4.69) is 4.99 Å². The second-order valence-corrected chi connectivity index (χ2v) is 9.56. The molecule has 9 heteroatoms. The van der Waals surface area contributed by atoms with E-state index in [0.29, 0.717) is 21.7 Å². The molecule has 0 N–H and O–H groups in total. The van der Waals surface area contributed by atoms with Gasteiger partial charge in [0.1, 0.15) is 4.53 Å². The monoisotopic (exact) mass is 501 g/mol. The van der Waals surface area contributed by atoms with Crippen molar-refractivity contribution in [1.82, 2.24) is 4.57 Å². The number of hydrogen-bond acceptors (Lipinski definition) is 7. The molecule has 1 atom stereocenters. The highest BCUT2D eigenvalue weighted by Gasteiger charge is 2.38. The highest BCUT2D eigenvalue weighted by molar-refractivity contribution is 7.07. The third-order valence-electron chi connectivity index (χ3n) is 6.26. The van der Waals surface area contributed by atoms with Gasteiger partial charge in [-0.15, -0.1) is 0 Å². The molecule has 182 valence electrons. The fourth-order valence-corrected chi connectivity index (χ4v) is 5.79. The van der Waals surface area contributed by atoms with Crippen molar-refractivity contribution >= 4 is 40.4 Å². The number of esters is 1. The number of fused-ring (bicyclic) bond motifs is 2. The topological polar surface area (TPSA) is 98.0 Å². The Kier molecular flexibility index (Phi) is 5.80. The van der Waals surface area contributed by atoms with Crippen LogP contribution in [0.1, 0.15) is 43.5 Å². The van der Waals surface area contributed by atoms with E-state index < -0.39 is 29.4 Å². The Labute approximate surface area is 210 Å². The van der Waals surface area contributed by atoms with Gasteiger partial charge < -0.3 is 4.74 Å². The second-order valence-electron chi connectivity index (χ2n) is 8.59. The third-order valence-corrected chi connectivity index (χ3v) is 7.31. The number of imide groups is 1. The summed E-state index contributed by atoms with van der Waals surface area (Å²) in [4.78, 5) is 58.7. The van der Waals surface area contributed by atoms with Crippen LogP contribution in [0.3, 0.4) is 0 Å². The number of benzene rings is 2. The van der Waals surface area contributed by atoms with Crippen LogP contribution in [0.2, 0.25) is 0 Å². The molecule has 0 spiro atoms. The van der Waals surface area contributed by atoms with Gasteiger partial charge in [0.05, 0.1) is 35.2 Å². The van der Waals surface area contributed by atoms with Crippen molar-refractivity contribution in [2.75, 3.05) is 11.5 Å². The van der Waals surface area contributed by atoms with E-state index in [4.69, 9.17) is 4.74 Å². The van der Waals surface area contributed by atoms with Crippen molar-refractivity contribution in [3.05, 3.63) is 96.2 Å². The van der Waals surface area contributed by atoms with Gasteiger partial charge in [0.2, 0.25) is 5.91 Å². The van der Waals surface area contributed by atoms with Crippen LogP contribution < -0.4 is 19.8 Å². The van der Waals surface area contributed by atoms with Crippen LogP contribution in [-0.2, 0) is 19.1 Å². The molecule has 2 aromatic carbocycles. The van der Waals surface area contributed by atoms with Crippen LogP contribution in [-0.4, -0.2) is 29.0 Å². The summed E-state index contributed by atoms with van der Waals surface area (Å²) in [5.74, 6) is -1.54. The van der Waals surface area contributed by atoms with Crippen LogP contribution in [0.25, 0.3) is 5.57 Å². The minimum Gasteiger partial charge on any atom is -0.463 e. The lowest BCUT2D eigenvalue weighted by atomic mass is 9.95. The fraction of sp³-hybridized carbons (Fsp3) is 0.222. The molecular weight excluding hydrogens is 478 g/mol. The van der Waals surface area contributed by atoms with Gasteiger partial charge in [-0.25, -0.2) is 14.7 Å². The number of thiazole rings is 1. The summed E-state index contributed by atoms with van der Waals surface area (Å²) in [6, 6.07) is 13.7. The van der Waals surface area contributed by atoms with E-state index in [9.17, 15) is 19.2 Å². The molecule has 0 saturated heterocycles. The summed E-state index contributed by atoms with van der Waals surface area (Å²) >= 11 is 1.07. The van der Waals surface area contributed by atoms with Crippen molar-refractivity contribution in [3.63, 3.8) is 0 Å². The third kappa shape index (κ3) is 3.54. The number of aryl methyl sites for hydroxylation is 1. The smallest absolute Gasteiger partial charge is 0.338 e. The van der Waals surface area contributed by atoms with Gasteiger partial charge in [0.25, 0.3) is 11.5 Å². The number of amides is 2. The standard InChI is InChI=1S/C27H23N3O5S/c1-5-35-26(34)20-15(3)28-27-30(22(20)17-12-10-14(2)11-13-17)25(33)23(36-27)21-18-8-6-7-9-19(18)29(16(4)31)24(21)32/h6-13,22H,5H2,1-4H3/b23-21+. The Morgan fingerprint density at radius 1 is 1.06 bits per heavy atom. The van der Waals surface area contributed by atoms with Crippen molar-refractivity contribution < 1.29 is 19.1 Å². The van der Waals surface area contributed by atoms with Gasteiger partial charge in [-0.3, -0.25) is 19.0 Å². The number of para-hydroxylation sites is 1. The minimum absolute atomic E-state index is 0.158. The zero-order chi connectivity index (χ0) is 25.7. The Bertz CT molecular complexity index is 1660. The highest BCUT2D eigenvalue weighted by atomic mass is 32.1. The molecule has 36 heavy (non-hydrogen) atoms. The molecule has 8 nitrogen and oxygen atoms in total. The molecule has 2 aliphatic rings. The molecule has 0 bridgehead atoms. The van der Waals surface area contributed by atoms with Crippen molar-refractivity contribution in [2.45, 2.75) is 33.7 Å². The average Bonchev–Trinajstić information content (AvgIpc) is 3.31. The molecule has 1 unspecified atom stereocenters. The van der Waals surface area contributed by atoms with Gasteiger partial charge in [-0.1, -0.05) is 59.4 Å². The van der Waals surface area contributed by atoms with Gasteiger partial charge in [-0.2, -0.15) is 0 Å². The molecule has 3 aromatic rings. The first-order chi connectivity index (χ1) is 17.2. The van der Waals surface area contributed by atoms with Crippen molar-refractivity contribution in [2.24, 2.45) is 4.99 Å². The normalized spacial score (nSPS) is 18.1. The lowest BCUT2D eigenvalue weighted by molar-refractivity contribution is -0.139. The van der Waals surface area contributed by atoms with E-state index in [1.807, 2.05) is 31.2 Å². The van der Waals surface area contributed by atoms with E-state index in [0.717, 1.165) is 27.4 Å². The molecule has 0 fully saturated rings. The molecule has 3 heterocycles. The number of nitrogens with zero attached hydrogens (tertiary/aromatic N) is 3. The number of allylic oxidation sites excluding steroid dienone is 1. The van der Waals surface area contributed by atoms with Crippen LogP contribution >= 0.6 is 11.3 Å². The Hall–Kier alpha value is -4.11. The van der Waals surface area contributed by atoms with E-state index in [1.165, 1.54) is 11.5 Å². The fourth-order valence-electron chi connectivity index (χ4n) is 4.65. The molecular formula is C27H23N3O5S. The molecule has 1 aromatic heterocycles.